The Hall–Kier alpha value is -3.09. The Morgan fingerprint density at radius 3 is 2.35 bits per heavy atom. The first-order chi connectivity index (χ1) is 12.4. The van der Waals surface area contributed by atoms with Crippen LogP contribution in [0, 0.1) is 10.1 Å². The van der Waals surface area contributed by atoms with Crippen LogP contribution < -0.4 is 9.80 Å². The molecule has 0 unspecified atom stereocenters. The highest BCUT2D eigenvalue weighted by Gasteiger charge is 2.23. The summed E-state index contributed by atoms with van der Waals surface area (Å²) in [5.41, 5.74) is 1.03. The van der Waals surface area contributed by atoms with E-state index in [4.69, 9.17) is 4.74 Å². The number of nitrogens with zero attached hydrogens (tertiary/aromatic N) is 3. The van der Waals surface area contributed by atoms with Gasteiger partial charge in [0.05, 0.1) is 18.1 Å². The van der Waals surface area contributed by atoms with Gasteiger partial charge in [-0.2, -0.15) is 0 Å². The minimum Gasteiger partial charge on any atom is -0.497 e. The molecule has 0 heterocycles. The fraction of sp³-hybridized carbons (Fsp3) is 0.316. The second kappa shape index (κ2) is 10.0. The molecule has 0 aliphatic carbocycles. The van der Waals surface area contributed by atoms with Crippen LogP contribution in [0.1, 0.15) is 17.3 Å². The van der Waals surface area contributed by atoms with Crippen LogP contribution >= 0.6 is 0 Å². The van der Waals surface area contributed by atoms with Gasteiger partial charge in [-0.25, -0.2) is 0 Å². The van der Waals surface area contributed by atoms with Crippen molar-refractivity contribution in [2.24, 2.45) is 0 Å². The fourth-order valence-corrected chi connectivity index (χ4v) is 2.59. The van der Waals surface area contributed by atoms with Crippen molar-refractivity contribution in [2.45, 2.75) is 6.92 Å². The van der Waals surface area contributed by atoms with E-state index in [0.29, 0.717) is 49.7 Å². The molecule has 0 saturated carbocycles. The van der Waals surface area contributed by atoms with Gasteiger partial charge in [0.15, 0.2) is 6.29 Å². The first kappa shape index (κ1) is 21.0. The Balaban J connectivity index is 3.45. The van der Waals surface area contributed by atoms with Crippen molar-refractivity contribution >= 4 is 23.3 Å². The summed E-state index contributed by atoms with van der Waals surface area (Å²) in [5.74, 6) is 0.542. The van der Waals surface area contributed by atoms with E-state index in [9.17, 15) is 14.9 Å². The molecule has 140 valence electrons. The molecule has 0 fully saturated rings. The average molecular weight is 359 g/mol. The van der Waals surface area contributed by atoms with E-state index in [1.54, 1.807) is 35.1 Å². The van der Waals surface area contributed by atoms with E-state index in [0.717, 1.165) is 0 Å². The van der Waals surface area contributed by atoms with Crippen LogP contribution in [0.5, 0.6) is 0 Å². The van der Waals surface area contributed by atoms with Crippen molar-refractivity contribution in [1.82, 2.24) is 0 Å². The standard InChI is InChI=1S/C19H25N3O4/c1-6-9-21(10-7-2)18-12-17(20(5)13-15(4)26-8-3)16(14-23)11-19(18)22(24)25/h6-7,11-12,14H,1-2,4,8-10,13H2,3,5H3. The topological polar surface area (TPSA) is 75.9 Å². The summed E-state index contributed by atoms with van der Waals surface area (Å²) in [5, 5.41) is 11.5. The third-order valence-corrected chi connectivity index (χ3v) is 3.66. The van der Waals surface area contributed by atoms with Crippen LogP contribution in [-0.2, 0) is 4.74 Å². The highest BCUT2D eigenvalue weighted by atomic mass is 16.6. The van der Waals surface area contributed by atoms with Crippen molar-refractivity contribution in [3.63, 3.8) is 0 Å². The number of carbonyl (C=O) groups excluding carboxylic acids is 1. The fourth-order valence-electron chi connectivity index (χ4n) is 2.59. The van der Waals surface area contributed by atoms with Crippen molar-refractivity contribution in [1.29, 1.82) is 0 Å². The van der Waals surface area contributed by atoms with Gasteiger partial charge in [-0.1, -0.05) is 18.7 Å². The number of likely N-dealkylation sites (N-methyl/N-ethyl adjacent to an activating group) is 1. The number of anilines is 2. The minimum absolute atomic E-state index is 0.142. The quantitative estimate of drug-likeness (QED) is 0.187. The van der Waals surface area contributed by atoms with Gasteiger partial charge in [0.1, 0.15) is 11.4 Å². The number of ether oxygens (including phenoxy) is 1. The van der Waals surface area contributed by atoms with E-state index in [2.05, 4.69) is 19.7 Å². The summed E-state index contributed by atoms with van der Waals surface area (Å²) in [6.45, 7) is 14.7. The van der Waals surface area contributed by atoms with Gasteiger partial charge >= 0.3 is 0 Å². The van der Waals surface area contributed by atoms with E-state index in [-0.39, 0.29) is 11.3 Å². The van der Waals surface area contributed by atoms with Crippen LogP contribution in [0.4, 0.5) is 17.1 Å². The van der Waals surface area contributed by atoms with E-state index < -0.39 is 4.92 Å². The van der Waals surface area contributed by atoms with Crippen molar-refractivity contribution in [2.75, 3.05) is 43.1 Å². The minimum atomic E-state index is -0.496. The van der Waals surface area contributed by atoms with E-state index >= 15 is 0 Å². The summed E-state index contributed by atoms with van der Waals surface area (Å²) >= 11 is 0. The average Bonchev–Trinajstić information content (AvgIpc) is 2.60. The summed E-state index contributed by atoms with van der Waals surface area (Å²) in [7, 11) is 1.77. The smallest absolute Gasteiger partial charge is 0.293 e. The molecule has 1 aromatic carbocycles. The second-order valence-corrected chi connectivity index (χ2v) is 5.58. The van der Waals surface area contributed by atoms with Crippen LogP contribution in [0.15, 0.2) is 49.8 Å². The van der Waals surface area contributed by atoms with Crippen LogP contribution in [0.3, 0.4) is 0 Å². The number of carbonyl (C=O) groups is 1. The highest BCUT2D eigenvalue weighted by molar-refractivity contribution is 5.89. The molecule has 7 heteroatoms. The summed E-state index contributed by atoms with van der Waals surface area (Å²) in [4.78, 5) is 26.1. The van der Waals surface area contributed by atoms with Crippen LogP contribution in [0.2, 0.25) is 0 Å². The Kier molecular flexibility index (Phi) is 8.08. The molecule has 0 radical (unpaired) electrons. The molecule has 0 atom stereocenters. The molecule has 7 nitrogen and oxygen atoms in total. The molecular weight excluding hydrogens is 334 g/mol. The number of rotatable bonds is 12. The van der Waals surface area contributed by atoms with Gasteiger partial charge in [-0.05, 0) is 13.0 Å². The first-order valence-corrected chi connectivity index (χ1v) is 8.15. The molecule has 26 heavy (non-hydrogen) atoms. The van der Waals surface area contributed by atoms with Gasteiger partial charge in [0, 0.05) is 37.5 Å². The Bertz CT molecular complexity index is 690. The zero-order chi connectivity index (χ0) is 19.7. The van der Waals surface area contributed by atoms with E-state index in [1.165, 1.54) is 6.07 Å². The lowest BCUT2D eigenvalue weighted by Crippen LogP contribution is -2.26. The van der Waals surface area contributed by atoms with Crippen LogP contribution in [-0.4, -0.2) is 44.5 Å². The lowest BCUT2D eigenvalue weighted by atomic mass is 10.1. The zero-order valence-corrected chi connectivity index (χ0v) is 15.3. The van der Waals surface area contributed by atoms with Gasteiger partial charge < -0.3 is 14.5 Å². The molecule has 0 N–H and O–H groups in total. The third kappa shape index (κ3) is 5.20. The maximum atomic E-state index is 11.5. The molecule has 0 spiro atoms. The van der Waals surface area contributed by atoms with Gasteiger partial charge in [-0.15, -0.1) is 13.2 Å². The summed E-state index contributed by atoms with van der Waals surface area (Å²) in [6.07, 6.45) is 3.92. The zero-order valence-electron chi connectivity index (χ0n) is 15.3. The first-order valence-electron chi connectivity index (χ1n) is 8.15. The van der Waals surface area contributed by atoms with Crippen molar-refractivity contribution < 1.29 is 14.5 Å². The number of nitro groups is 1. The molecule has 0 aliphatic rings. The summed E-state index contributed by atoms with van der Waals surface area (Å²) in [6, 6.07) is 2.92. The molecule has 1 rings (SSSR count). The second-order valence-electron chi connectivity index (χ2n) is 5.58. The molecule has 0 bridgehead atoms. The SMILES string of the molecule is C=CCN(CC=C)c1cc(N(C)CC(=C)OCC)c(C=O)cc1[N+](=O)[O-]. The largest absolute Gasteiger partial charge is 0.497 e. The highest BCUT2D eigenvalue weighted by Crippen LogP contribution is 2.35. The number of hydrogen-bond donors (Lipinski definition) is 0. The predicted molar refractivity (Wildman–Crippen MR) is 105 cm³/mol. The number of hydrogen-bond acceptors (Lipinski definition) is 6. The van der Waals surface area contributed by atoms with Gasteiger partial charge in [-0.3, -0.25) is 14.9 Å². The Labute approximate surface area is 154 Å². The molecule has 0 aromatic heterocycles. The van der Waals surface area contributed by atoms with Crippen molar-refractivity contribution in [3.05, 3.63) is 65.5 Å². The normalized spacial score (nSPS) is 9.92. The third-order valence-electron chi connectivity index (χ3n) is 3.66. The number of benzene rings is 1. The molecule has 0 amide bonds. The van der Waals surface area contributed by atoms with Crippen molar-refractivity contribution in [3.8, 4) is 0 Å². The monoisotopic (exact) mass is 359 g/mol. The van der Waals surface area contributed by atoms with Crippen LogP contribution in [0.25, 0.3) is 0 Å². The number of aldehydes is 1. The molecule has 0 saturated heterocycles. The lowest BCUT2D eigenvalue weighted by molar-refractivity contribution is -0.384. The lowest BCUT2D eigenvalue weighted by Gasteiger charge is -2.26. The van der Waals surface area contributed by atoms with Gasteiger partial charge in [0.25, 0.3) is 5.69 Å². The maximum Gasteiger partial charge on any atom is 0.293 e. The Morgan fingerprint density at radius 2 is 1.88 bits per heavy atom. The Morgan fingerprint density at radius 1 is 1.27 bits per heavy atom. The van der Waals surface area contributed by atoms with E-state index in [1.807, 2.05) is 6.92 Å². The molecular formula is C19H25N3O4. The van der Waals surface area contributed by atoms with Gasteiger partial charge in [0.2, 0.25) is 0 Å². The predicted octanol–water partition coefficient (Wildman–Crippen LogP) is 3.57. The maximum absolute atomic E-state index is 11.5. The summed E-state index contributed by atoms with van der Waals surface area (Å²) < 4.78 is 5.35. The molecule has 1 aromatic rings. The number of nitro benzene ring substituents is 1. The molecule has 0 aliphatic heterocycles.